The minimum atomic E-state index is 0.388. The summed E-state index contributed by atoms with van der Waals surface area (Å²) in [6, 6.07) is 4.16. The van der Waals surface area contributed by atoms with E-state index in [-0.39, 0.29) is 0 Å². The van der Waals surface area contributed by atoms with Gasteiger partial charge in [0.1, 0.15) is 5.52 Å². The summed E-state index contributed by atoms with van der Waals surface area (Å²) in [6.45, 7) is 2.17. The number of hydrogen-bond donors (Lipinski definition) is 1. The highest BCUT2D eigenvalue weighted by Crippen LogP contribution is 2.25. The Hall–Kier alpha value is -1.46. The first-order valence-electron chi connectivity index (χ1n) is 6.46. The fraction of sp³-hybridized carbons (Fsp3) is 0.462. The molecule has 19 heavy (non-hydrogen) atoms. The molecule has 1 saturated heterocycles. The SMILES string of the molecule is CN1CCC[C@@H](Nc2nnc(Cl)c3cccnc23)C1. The second kappa shape index (κ2) is 5.27. The predicted molar refractivity (Wildman–Crippen MR) is 76.5 cm³/mol. The highest BCUT2D eigenvalue weighted by Gasteiger charge is 2.19. The van der Waals surface area contributed by atoms with E-state index in [0.717, 1.165) is 36.2 Å². The molecule has 1 N–H and O–H groups in total. The standard InChI is InChI=1S/C13H16ClN5/c1-19-7-3-4-9(8-19)16-13-11-10(5-2-6-15-11)12(14)17-18-13/h2,5-6,9H,3-4,7-8H2,1H3,(H,16,18)/t9-/m1/s1. The zero-order valence-corrected chi connectivity index (χ0v) is 11.6. The molecule has 3 rings (SSSR count). The molecule has 0 aromatic carbocycles. The maximum Gasteiger partial charge on any atom is 0.175 e. The zero-order chi connectivity index (χ0) is 13.2. The molecule has 2 aromatic rings. The van der Waals surface area contributed by atoms with Gasteiger partial charge in [-0.1, -0.05) is 11.6 Å². The van der Waals surface area contributed by atoms with Gasteiger partial charge in [0, 0.05) is 24.2 Å². The molecule has 3 heterocycles. The number of rotatable bonds is 2. The van der Waals surface area contributed by atoms with Crippen molar-refractivity contribution in [3.05, 3.63) is 23.5 Å². The number of likely N-dealkylation sites (tertiary alicyclic amines) is 1. The summed E-state index contributed by atoms with van der Waals surface area (Å²) >= 11 is 6.05. The fourth-order valence-electron chi connectivity index (χ4n) is 2.53. The molecule has 0 aliphatic carbocycles. The van der Waals surface area contributed by atoms with E-state index in [1.807, 2.05) is 12.1 Å². The van der Waals surface area contributed by atoms with Crippen molar-refractivity contribution in [2.75, 3.05) is 25.5 Å². The van der Waals surface area contributed by atoms with Crippen molar-refractivity contribution in [1.82, 2.24) is 20.1 Å². The molecular formula is C13H16ClN5. The number of aromatic nitrogens is 3. The highest BCUT2D eigenvalue weighted by atomic mass is 35.5. The van der Waals surface area contributed by atoms with E-state index in [1.54, 1.807) is 6.20 Å². The Kier molecular flexibility index (Phi) is 3.48. The molecule has 6 heteroatoms. The lowest BCUT2D eigenvalue weighted by atomic mass is 10.1. The molecule has 0 radical (unpaired) electrons. The molecule has 100 valence electrons. The quantitative estimate of drug-likeness (QED) is 0.912. The molecule has 0 bridgehead atoms. The number of piperidine rings is 1. The summed E-state index contributed by atoms with van der Waals surface area (Å²) in [5.41, 5.74) is 0.788. The predicted octanol–water partition coefficient (Wildman–Crippen LogP) is 2.18. The minimum Gasteiger partial charge on any atom is -0.363 e. The third-order valence-corrected chi connectivity index (χ3v) is 3.74. The third kappa shape index (κ3) is 2.62. The van der Waals surface area contributed by atoms with Crippen molar-refractivity contribution in [2.24, 2.45) is 0 Å². The van der Waals surface area contributed by atoms with Crippen LogP contribution in [0.3, 0.4) is 0 Å². The molecule has 1 atom stereocenters. The highest BCUT2D eigenvalue weighted by molar-refractivity contribution is 6.34. The molecule has 5 nitrogen and oxygen atoms in total. The van der Waals surface area contributed by atoms with E-state index in [9.17, 15) is 0 Å². The van der Waals surface area contributed by atoms with E-state index >= 15 is 0 Å². The van der Waals surface area contributed by atoms with Gasteiger partial charge in [-0.05, 0) is 38.6 Å². The molecular weight excluding hydrogens is 262 g/mol. The van der Waals surface area contributed by atoms with E-state index in [4.69, 9.17) is 11.6 Å². The van der Waals surface area contributed by atoms with Crippen LogP contribution in [0.1, 0.15) is 12.8 Å². The second-order valence-corrected chi connectivity index (χ2v) is 5.34. The lowest BCUT2D eigenvalue weighted by Crippen LogP contribution is -2.40. The minimum absolute atomic E-state index is 0.388. The first-order chi connectivity index (χ1) is 9.24. The van der Waals surface area contributed by atoms with Crippen molar-refractivity contribution in [3.8, 4) is 0 Å². The van der Waals surface area contributed by atoms with E-state index in [2.05, 4.69) is 32.4 Å². The maximum atomic E-state index is 6.05. The molecule has 2 aromatic heterocycles. The third-order valence-electron chi connectivity index (χ3n) is 3.46. The van der Waals surface area contributed by atoms with Gasteiger partial charge in [0.2, 0.25) is 0 Å². The summed E-state index contributed by atoms with van der Waals surface area (Å²) in [7, 11) is 2.14. The molecule has 0 saturated carbocycles. The van der Waals surface area contributed by atoms with Crippen LogP contribution in [0.4, 0.5) is 5.82 Å². The largest absolute Gasteiger partial charge is 0.363 e. The molecule has 1 aliphatic heterocycles. The Morgan fingerprint density at radius 3 is 3.16 bits per heavy atom. The van der Waals surface area contributed by atoms with E-state index < -0.39 is 0 Å². The van der Waals surface area contributed by atoms with Gasteiger partial charge in [-0.3, -0.25) is 4.98 Å². The van der Waals surface area contributed by atoms with Crippen molar-refractivity contribution in [3.63, 3.8) is 0 Å². The van der Waals surface area contributed by atoms with Gasteiger partial charge >= 0.3 is 0 Å². The number of halogens is 1. The Morgan fingerprint density at radius 2 is 2.32 bits per heavy atom. The van der Waals surface area contributed by atoms with Crippen LogP contribution in [0.15, 0.2) is 18.3 Å². The lowest BCUT2D eigenvalue weighted by molar-refractivity contribution is 0.261. The summed E-state index contributed by atoms with van der Waals surface area (Å²) in [6.07, 6.45) is 4.09. The van der Waals surface area contributed by atoms with Crippen molar-refractivity contribution in [2.45, 2.75) is 18.9 Å². The van der Waals surface area contributed by atoms with Gasteiger partial charge in [-0.2, -0.15) is 0 Å². The fourth-order valence-corrected chi connectivity index (χ4v) is 2.72. The second-order valence-electron chi connectivity index (χ2n) is 4.98. The Balaban J connectivity index is 1.90. The summed E-state index contributed by atoms with van der Waals surface area (Å²) < 4.78 is 0. The van der Waals surface area contributed by atoms with Crippen LogP contribution in [0.2, 0.25) is 5.15 Å². The number of likely N-dealkylation sites (N-methyl/N-ethyl adjacent to an activating group) is 1. The molecule has 0 spiro atoms. The number of hydrogen-bond acceptors (Lipinski definition) is 5. The van der Waals surface area contributed by atoms with Crippen LogP contribution in [-0.4, -0.2) is 46.3 Å². The van der Waals surface area contributed by atoms with Crippen molar-refractivity contribution < 1.29 is 0 Å². The van der Waals surface area contributed by atoms with Gasteiger partial charge in [0.25, 0.3) is 0 Å². The topological polar surface area (TPSA) is 53.9 Å². The van der Waals surface area contributed by atoms with Crippen LogP contribution in [0, 0.1) is 0 Å². The number of nitrogens with zero attached hydrogens (tertiary/aromatic N) is 4. The van der Waals surface area contributed by atoms with Crippen molar-refractivity contribution in [1.29, 1.82) is 0 Å². The number of pyridine rings is 1. The number of anilines is 1. The average Bonchev–Trinajstić information content (AvgIpc) is 2.42. The van der Waals surface area contributed by atoms with Gasteiger partial charge < -0.3 is 10.2 Å². The number of fused-ring (bicyclic) bond motifs is 1. The molecule has 0 amide bonds. The number of nitrogens with one attached hydrogen (secondary N) is 1. The van der Waals surface area contributed by atoms with Crippen LogP contribution in [0.25, 0.3) is 10.9 Å². The summed E-state index contributed by atoms with van der Waals surface area (Å²) in [4.78, 5) is 6.68. The first kappa shape index (κ1) is 12.6. The van der Waals surface area contributed by atoms with Gasteiger partial charge in [-0.25, -0.2) is 0 Å². The van der Waals surface area contributed by atoms with Gasteiger partial charge in [0.15, 0.2) is 11.0 Å². The van der Waals surface area contributed by atoms with Crippen LogP contribution in [0.5, 0.6) is 0 Å². The smallest absolute Gasteiger partial charge is 0.175 e. The van der Waals surface area contributed by atoms with E-state index in [1.165, 1.54) is 6.42 Å². The molecule has 1 aliphatic rings. The Morgan fingerprint density at radius 1 is 1.42 bits per heavy atom. The van der Waals surface area contributed by atoms with Crippen LogP contribution >= 0.6 is 11.6 Å². The lowest BCUT2D eigenvalue weighted by Gasteiger charge is -2.30. The zero-order valence-electron chi connectivity index (χ0n) is 10.8. The Labute approximate surface area is 117 Å². The molecule has 1 fully saturated rings. The first-order valence-corrected chi connectivity index (χ1v) is 6.84. The van der Waals surface area contributed by atoms with Crippen molar-refractivity contribution >= 4 is 28.3 Å². The average molecular weight is 278 g/mol. The molecule has 0 unspecified atom stereocenters. The van der Waals surface area contributed by atoms with Gasteiger partial charge in [0.05, 0.1) is 0 Å². The van der Waals surface area contributed by atoms with Gasteiger partial charge in [-0.15, -0.1) is 10.2 Å². The summed E-state index contributed by atoms with van der Waals surface area (Å²) in [5, 5.41) is 12.8. The normalized spacial score (nSPS) is 20.6. The summed E-state index contributed by atoms with van der Waals surface area (Å²) in [5.74, 6) is 0.723. The van der Waals surface area contributed by atoms with Crippen LogP contribution < -0.4 is 5.32 Å². The van der Waals surface area contributed by atoms with E-state index in [0.29, 0.717) is 11.2 Å². The van der Waals surface area contributed by atoms with Crippen LogP contribution in [-0.2, 0) is 0 Å². The monoisotopic (exact) mass is 277 g/mol. The maximum absolute atomic E-state index is 6.05. The Bertz CT molecular complexity index is 588.